The quantitative estimate of drug-likeness (QED) is 0.617. The molecule has 2 aromatic rings. The van der Waals surface area contributed by atoms with Crippen LogP contribution in [0.25, 0.3) is 0 Å². The third-order valence-corrected chi connectivity index (χ3v) is 5.68. The van der Waals surface area contributed by atoms with Crippen LogP contribution in [0, 0.1) is 3.57 Å². The second-order valence-electron chi connectivity index (χ2n) is 6.39. The fourth-order valence-corrected chi connectivity index (χ4v) is 4.01. The third-order valence-electron chi connectivity index (χ3n) is 3.43. The molecule has 3 heteroatoms. The van der Waals surface area contributed by atoms with Gasteiger partial charge in [0.15, 0.2) is 0 Å². The van der Waals surface area contributed by atoms with Crippen molar-refractivity contribution >= 4 is 33.9 Å². The average Bonchev–Trinajstić information content (AvgIpc) is 2.89. The lowest BCUT2D eigenvalue weighted by Gasteiger charge is -2.19. The van der Waals surface area contributed by atoms with Crippen molar-refractivity contribution in [3.63, 3.8) is 0 Å². The predicted molar refractivity (Wildman–Crippen MR) is 102 cm³/mol. The average molecular weight is 413 g/mol. The van der Waals surface area contributed by atoms with Gasteiger partial charge in [-0.1, -0.05) is 39.8 Å². The van der Waals surface area contributed by atoms with Crippen molar-refractivity contribution in [1.29, 1.82) is 0 Å². The Bertz CT molecular complexity index is 583. The van der Waals surface area contributed by atoms with E-state index in [1.807, 2.05) is 11.3 Å². The van der Waals surface area contributed by atoms with Gasteiger partial charge in [-0.05, 0) is 70.8 Å². The zero-order valence-corrected chi connectivity index (χ0v) is 16.2. The molecule has 114 valence electrons. The Morgan fingerprint density at radius 2 is 1.95 bits per heavy atom. The molecular formula is C18H24INS. The molecule has 0 spiro atoms. The lowest BCUT2D eigenvalue weighted by Crippen LogP contribution is -2.22. The van der Waals surface area contributed by atoms with E-state index in [1.54, 1.807) is 0 Å². The summed E-state index contributed by atoms with van der Waals surface area (Å²) in [5.41, 5.74) is 1.58. The molecule has 1 nitrogen and oxygen atoms in total. The van der Waals surface area contributed by atoms with Gasteiger partial charge in [0.05, 0.1) is 6.04 Å². The molecule has 1 aromatic carbocycles. The van der Waals surface area contributed by atoms with Gasteiger partial charge in [0, 0.05) is 13.3 Å². The van der Waals surface area contributed by atoms with Crippen LogP contribution in [0.5, 0.6) is 0 Å². The van der Waals surface area contributed by atoms with Gasteiger partial charge in [0.1, 0.15) is 0 Å². The van der Waals surface area contributed by atoms with Crippen LogP contribution in [-0.2, 0) is 5.41 Å². The maximum Gasteiger partial charge on any atom is 0.0671 e. The summed E-state index contributed by atoms with van der Waals surface area (Å²) in [6.45, 7) is 10.1. The number of hydrogen-bond donors (Lipinski definition) is 1. The highest BCUT2D eigenvalue weighted by Gasteiger charge is 2.20. The highest BCUT2D eigenvalue weighted by atomic mass is 127. The first-order valence-electron chi connectivity index (χ1n) is 7.51. The van der Waals surface area contributed by atoms with Crippen LogP contribution in [0.3, 0.4) is 0 Å². The van der Waals surface area contributed by atoms with Gasteiger partial charge in [-0.25, -0.2) is 0 Å². The molecule has 1 atom stereocenters. The fourth-order valence-electron chi connectivity index (χ4n) is 2.27. The molecule has 1 heterocycles. The summed E-state index contributed by atoms with van der Waals surface area (Å²) >= 11 is 4.32. The van der Waals surface area contributed by atoms with Crippen molar-refractivity contribution in [3.05, 3.63) is 55.3 Å². The molecular weight excluding hydrogens is 389 g/mol. The minimum atomic E-state index is 0.226. The van der Waals surface area contributed by atoms with E-state index in [4.69, 9.17) is 0 Å². The lowest BCUT2D eigenvalue weighted by molar-refractivity contribution is 0.603. The molecule has 0 amide bonds. The van der Waals surface area contributed by atoms with Gasteiger partial charge in [0.2, 0.25) is 0 Å². The first-order chi connectivity index (χ1) is 9.91. The number of thiophene rings is 1. The molecule has 1 N–H and O–H groups in total. The maximum absolute atomic E-state index is 3.70. The zero-order valence-electron chi connectivity index (χ0n) is 13.2. The summed E-state index contributed by atoms with van der Waals surface area (Å²) < 4.78 is 1.29. The molecule has 1 unspecified atom stereocenters. The van der Waals surface area contributed by atoms with Crippen LogP contribution < -0.4 is 5.32 Å². The van der Waals surface area contributed by atoms with Crippen molar-refractivity contribution in [1.82, 2.24) is 5.32 Å². The van der Waals surface area contributed by atoms with Crippen LogP contribution in [0.1, 0.15) is 55.5 Å². The molecule has 0 radical (unpaired) electrons. The van der Waals surface area contributed by atoms with Crippen molar-refractivity contribution in [2.75, 3.05) is 6.54 Å². The Labute approximate surface area is 146 Å². The fraction of sp³-hybridized carbons (Fsp3) is 0.444. The van der Waals surface area contributed by atoms with Crippen LogP contribution in [0.2, 0.25) is 0 Å². The van der Waals surface area contributed by atoms with Crippen LogP contribution in [0.4, 0.5) is 0 Å². The normalized spacial score (nSPS) is 13.4. The highest BCUT2D eigenvalue weighted by molar-refractivity contribution is 14.1. The Kier molecular flexibility index (Phi) is 5.86. The Morgan fingerprint density at radius 1 is 1.19 bits per heavy atom. The number of halogens is 1. The van der Waals surface area contributed by atoms with E-state index in [1.165, 1.54) is 18.9 Å². The second kappa shape index (κ2) is 7.25. The Balaban J connectivity index is 2.34. The maximum atomic E-state index is 3.70. The number of rotatable bonds is 5. The largest absolute Gasteiger partial charge is 0.306 e. The van der Waals surface area contributed by atoms with Crippen molar-refractivity contribution in [2.24, 2.45) is 0 Å². The summed E-state index contributed by atoms with van der Waals surface area (Å²) in [6.07, 6.45) is 1.15. The van der Waals surface area contributed by atoms with Crippen molar-refractivity contribution in [3.8, 4) is 0 Å². The first-order valence-corrected chi connectivity index (χ1v) is 9.40. The predicted octanol–water partition coefficient (Wildman–Crippen LogP) is 5.74. The summed E-state index contributed by atoms with van der Waals surface area (Å²) in [7, 11) is 0. The molecule has 21 heavy (non-hydrogen) atoms. The molecule has 1 aromatic heterocycles. The summed E-state index contributed by atoms with van der Waals surface area (Å²) in [4.78, 5) is 2.86. The molecule has 0 bridgehead atoms. The van der Waals surface area contributed by atoms with Crippen molar-refractivity contribution < 1.29 is 0 Å². The Hall–Kier alpha value is -0.390. The zero-order chi connectivity index (χ0) is 15.5. The van der Waals surface area contributed by atoms with Crippen LogP contribution in [0.15, 0.2) is 36.4 Å². The first kappa shape index (κ1) is 17.0. The monoisotopic (exact) mass is 413 g/mol. The lowest BCUT2D eigenvalue weighted by atomic mass is 9.95. The smallest absolute Gasteiger partial charge is 0.0671 e. The topological polar surface area (TPSA) is 12.0 Å². The van der Waals surface area contributed by atoms with Crippen molar-refractivity contribution in [2.45, 2.75) is 45.6 Å². The van der Waals surface area contributed by atoms with E-state index in [9.17, 15) is 0 Å². The van der Waals surface area contributed by atoms with Gasteiger partial charge in [-0.2, -0.15) is 0 Å². The van der Waals surface area contributed by atoms with E-state index in [0.717, 1.165) is 13.0 Å². The minimum Gasteiger partial charge on any atom is -0.306 e. The van der Waals surface area contributed by atoms with Gasteiger partial charge in [0.25, 0.3) is 0 Å². The molecule has 0 saturated heterocycles. The van der Waals surface area contributed by atoms with E-state index >= 15 is 0 Å². The summed E-state index contributed by atoms with van der Waals surface area (Å²) in [5, 5.41) is 3.70. The number of benzene rings is 1. The summed E-state index contributed by atoms with van der Waals surface area (Å²) in [5.74, 6) is 0. The van der Waals surface area contributed by atoms with E-state index in [0.29, 0.717) is 6.04 Å². The molecule has 0 saturated carbocycles. The van der Waals surface area contributed by atoms with Gasteiger partial charge in [-0.3, -0.25) is 0 Å². The van der Waals surface area contributed by atoms with E-state index in [2.05, 4.69) is 92.0 Å². The minimum absolute atomic E-state index is 0.226. The van der Waals surface area contributed by atoms with E-state index < -0.39 is 0 Å². The molecule has 2 rings (SSSR count). The number of hydrogen-bond acceptors (Lipinski definition) is 2. The van der Waals surface area contributed by atoms with E-state index in [-0.39, 0.29) is 5.41 Å². The van der Waals surface area contributed by atoms with Gasteiger partial charge in [-0.15, -0.1) is 11.3 Å². The third kappa shape index (κ3) is 4.54. The van der Waals surface area contributed by atoms with Crippen LogP contribution in [-0.4, -0.2) is 6.54 Å². The van der Waals surface area contributed by atoms with Gasteiger partial charge >= 0.3 is 0 Å². The Morgan fingerprint density at radius 3 is 2.52 bits per heavy atom. The molecule has 0 fully saturated rings. The molecule has 0 aliphatic carbocycles. The standard InChI is InChI=1S/C18H24INS/c1-5-11-20-17(13-7-6-8-14(19)12-13)15-9-10-16(21-15)18(2,3)4/h6-10,12,17,20H,5,11H2,1-4H3. The van der Waals surface area contributed by atoms with Gasteiger partial charge < -0.3 is 5.32 Å². The second-order valence-corrected chi connectivity index (χ2v) is 8.76. The summed E-state index contributed by atoms with van der Waals surface area (Å²) in [6, 6.07) is 13.7. The highest BCUT2D eigenvalue weighted by Crippen LogP contribution is 2.35. The SMILES string of the molecule is CCCNC(c1cccc(I)c1)c1ccc(C(C)(C)C)s1. The molecule has 0 aliphatic heterocycles. The number of nitrogens with one attached hydrogen (secondary N) is 1. The van der Waals surface area contributed by atoms with Crippen LogP contribution >= 0.6 is 33.9 Å². The molecule has 0 aliphatic rings.